The van der Waals surface area contributed by atoms with E-state index in [1.54, 1.807) is 31.5 Å². The molecule has 4 amide bonds. The second kappa shape index (κ2) is 7.79. The topological polar surface area (TPSA) is 90.9 Å². The van der Waals surface area contributed by atoms with Crippen molar-refractivity contribution in [3.63, 3.8) is 0 Å². The number of nitrogens with zero attached hydrogens (tertiary/aromatic N) is 2. The molecule has 7 nitrogen and oxygen atoms in total. The van der Waals surface area contributed by atoms with Crippen LogP contribution < -0.4 is 10.6 Å². The minimum atomic E-state index is -1.44. The first-order valence-corrected chi connectivity index (χ1v) is 9.78. The van der Waals surface area contributed by atoms with Gasteiger partial charge in [-0.2, -0.15) is 0 Å². The number of allylic oxidation sites excluding steroid dienone is 2. The van der Waals surface area contributed by atoms with Crippen LogP contribution in [0.25, 0.3) is 5.57 Å². The number of carbonyl (C=O) groups is 3. The minimum Gasteiger partial charge on any atom is -0.331 e. The number of carbonyl (C=O) groups excluding carboxylic acids is 3. The Balaban J connectivity index is 1.69. The number of fused-ring (bicyclic) bond motifs is 1. The molecule has 0 unspecified atom stereocenters. The van der Waals surface area contributed by atoms with Gasteiger partial charge in [0.1, 0.15) is 5.82 Å². The summed E-state index contributed by atoms with van der Waals surface area (Å²) in [5, 5.41) is 4.97. The highest BCUT2D eigenvalue weighted by molar-refractivity contribution is 6.10. The molecular formula is C23H21FN4O3. The van der Waals surface area contributed by atoms with Gasteiger partial charge in [-0.15, -0.1) is 0 Å². The Kier molecular flexibility index (Phi) is 5.14. The van der Waals surface area contributed by atoms with Crippen molar-refractivity contribution in [3.8, 4) is 0 Å². The van der Waals surface area contributed by atoms with Crippen molar-refractivity contribution in [3.05, 3.63) is 76.6 Å². The standard InChI is InChI=1S/C23H21FN4O3/c1-3-14(11-25-2)15-4-7-17(8-5-15)23(21(30)26-22(31)27-23)13-28-12-16-6-9-18(24)10-19(16)20(28)29/h3-11H,12-13H2,1-2H3,(H2,26,27,30,31)/b14-3+,25-11-/t23-/m0/s1. The number of benzene rings is 2. The quantitative estimate of drug-likeness (QED) is 0.576. The first-order chi connectivity index (χ1) is 14.9. The zero-order valence-corrected chi connectivity index (χ0v) is 17.1. The van der Waals surface area contributed by atoms with Gasteiger partial charge >= 0.3 is 6.03 Å². The smallest absolute Gasteiger partial charge is 0.322 e. The van der Waals surface area contributed by atoms with Crippen molar-refractivity contribution in [1.82, 2.24) is 15.5 Å². The first kappa shape index (κ1) is 20.5. The number of nitrogens with one attached hydrogen (secondary N) is 2. The van der Waals surface area contributed by atoms with Gasteiger partial charge in [0.25, 0.3) is 11.8 Å². The number of aliphatic imine (C=N–C) groups is 1. The molecule has 2 aliphatic rings. The van der Waals surface area contributed by atoms with Crippen LogP contribution >= 0.6 is 0 Å². The zero-order chi connectivity index (χ0) is 22.2. The molecule has 1 saturated heterocycles. The Hall–Kier alpha value is -3.81. The normalized spacial score (nSPS) is 20.9. The van der Waals surface area contributed by atoms with Crippen molar-refractivity contribution in [2.75, 3.05) is 13.6 Å². The molecule has 2 aliphatic heterocycles. The maximum Gasteiger partial charge on any atom is 0.322 e. The molecule has 8 heteroatoms. The zero-order valence-electron chi connectivity index (χ0n) is 17.1. The maximum atomic E-state index is 13.6. The monoisotopic (exact) mass is 420 g/mol. The summed E-state index contributed by atoms with van der Waals surface area (Å²) < 4.78 is 13.6. The van der Waals surface area contributed by atoms with Gasteiger partial charge in [-0.3, -0.25) is 19.9 Å². The van der Waals surface area contributed by atoms with E-state index in [9.17, 15) is 18.8 Å². The summed E-state index contributed by atoms with van der Waals surface area (Å²) in [6.45, 7) is 2.05. The molecule has 0 bridgehead atoms. The lowest BCUT2D eigenvalue weighted by atomic mass is 9.88. The number of rotatable bonds is 5. The van der Waals surface area contributed by atoms with Gasteiger partial charge < -0.3 is 10.2 Å². The highest BCUT2D eigenvalue weighted by Crippen LogP contribution is 2.32. The summed E-state index contributed by atoms with van der Waals surface area (Å²) in [5.41, 5.74) is 1.86. The number of imide groups is 1. The van der Waals surface area contributed by atoms with Crippen LogP contribution in [0.3, 0.4) is 0 Å². The average Bonchev–Trinajstić information content (AvgIpc) is 3.22. The minimum absolute atomic E-state index is 0.0774. The van der Waals surface area contributed by atoms with Gasteiger partial charge in [0.15, 0.2) is 5.54 Å². The number of urea groups is 1. The highest BCUT2D eigenvalue weighted by atomic mass is 19.1. The molecule has 1 fully saturated rings. The SMILES string of the molecule is C/C=C(\C=N/C)c1ccc([C@]2(CN3Cc4ccc(F)cc4C3=O)NC(=O)NC2=O)cc1. The maximum absolute atomic E-state index is 13.6. The van der Waals surface area contributed by atoms with Crippen molar-refractivity contribution in [2.45, 2.75) is 19.0 Å². The van der Waals surface area contributed by atoms with Gasteiger partial charge in [-0.25, -0.2) is 9.18 Å². The third kappa shape index (κ3) is 3.50. The fourth-order valence-corrected chi connectivity index (χ4v) is 4.05. The molecule has 0 aliphatic carbocycles. The fourth-order valence-electron chi connectivity index (χ4n) is 4.05. The number of amides is 4. The van der Waals surface area contributed by atoms with E-state index in [4.69, 9.17) is 0 Å². The van der Waals surface area contributed by atoms with E-state index in [0.29, 0.717) is 11.1 Å². The molecule has 0 aromatic heterocycles. The average molecular weight is 420 g/mol. The molecule has 2 aromatic rings. The Labute approximate surface area is 178 Å². The van der Waals surface area contributed by atoms with Crippen molar-refractivity contribution in [1.29, 1.82) is 0 Å². The van der Waals surface area contributed by atoms with Crippen molar-refractivity contribution in [2.24, 2.45) is 4.99 Å². The Bertz CT molecular complexity index is 1140. The van der Waals surface area contributed by atoms with Crippen LogP contribution in [0.4, 0.5) is 9.18 Å². The van der Waals surface area contributed by atoms with Gasteiger partial charge in [0.2, 0.25) is 0 Å². The summed E-state index contributed by atoms with van der Waals surface area (Å²) in [5.74, 6) is -1.42. The summed E-state index contributed by atoms with van der Waals surface area (Å²) in [7, 11) is 1.68. The second-order valence-corrected chi connectivity index (χ2v) is 7.48. The molecule has 2 aromatic carbocycles. The van der Waals surface area contributed by atoms with E-state index >= 15 is 0 Å². The first-order valence-electron chi connectivity index (χ1n) is 9.78. The molecule has 2 N–H and O–H groups in total. The summed E-state index contributed by atoms with van der Waals surface area (Å²) in [4.78, 5) is 43.3. The van der Waals surface area contributed by atoms with Crippen molar-refractivity contribution < 1.29 is 18.8 Å². The Morgan fingerprint density at radius 3 is 2.55 bits per heavy atom. The van der Waals surface area contributed by atoms with Crippen LogP contribution in [0.1, 0.15) is 34.0 Å². The summed E-state index contributed by atoms with van der Waals surface area (Å²) >= 11 is 0. The number of halogens is 1. The van der Waals surface area contributed by atoms with Gasteiger partial charge in [0.05, 0.1) is 6.54 Å². The predicted octanol–water partition coefficient (Wildman–Crippen LogP) is 2.62. The molecule has 31 heavy (non-hydrogen) atoms. The van der Waals surface area contributed by atoms with Crippen LogP contribution in [-0.2, 0) is 16.9 Å². The molecule has 1 atom stereocenters. The largest absolute Gasteiger partial charge is 0.331 e. The van der Waals surface area contributed by atoms with Crippen LogP contribution in [-0.4, -0.2) is 42.6 Å². The Morgan fingerprint density at radius 1 is 1.19 bits per heavy atom. The van der Waals surface area contributed by atoms with E-state index in [1.807, 2.05) is 25.1 Å². The van der Waals surface area contributed by atoms with E-state index in [2.05, 4.69) is 15.6 Å². The third-order valence-corrected chi connectivity index (χ3v) is 5.61. The lowest BCUT2D eigenvalue weighted by Crippen LogP contribution is -2.52. The van der Waals surface area contributed by atoms with Gasteiger partial charge in [0, 0.05) is 25.4 Å². The van der Waals surface area contributed by atoms with Gasteiger partial charge in [-0.05, 0) is 41.3 Å². The lowest BCUT2D eigenvalue weighted by molar-refractivity contribution is -0.124. The molecule has 0 saturated carbocycles. The molecule has 0 radical (unpaired) electrons. The van der Waals surface area contributed by atoms with E-state index in [0.717, 1.165) is 11.1 Å². The lowest BCUT2D eigenvalue weighted by Gasteiger charge is -2.31. The van der Waals surface area contributed by atoms with Crippen LogP contribution in [0.2, 0.25) is 0 Å². The molecule has 2 heterocycles. The van der Waals surface area contributed by atoms with Crippen molar-refractivity contribution >= 4 is 29.6 Å². The van der Waals surface area contributed by atoms with E-state index in [1.165, 1.54) is 17.0 Å². The van der Waals surface area contributed by atoms with Crippen LogP contribution in [0.15, 0.2) is 53.5 Å². The molecule has 158 valence electrons. The second-order valence-electron chi connectivity index (χ2n) is 7.48. The molecular weight excluding hydrogens is 399 g/mol. The molecule has 0 spiro atoms. The van der Waals surface area contributed by atoms with Gasteiger partial charge in [-0.1, -0.05) is 36.4 Å². The molecule has 4 rings (SSSR count). The predicted molar refractivity (Wildman–Crippen MR) is 114 cm³/mol. The highest BCUT2D eigenvalue weighted by Gasteiger charge is 2.50. The van der Waals surface area contributed by atoms with E-state index < -0.39 is 23.3 Å². The summed E-state index contributed by atoms with van der Waals surface area (Å²) in [6.07, 6.45) is 3.65. The summed E-state index contributed by atoms with van der Waals surface area (Å²) in [6, 6.07) is 10.6. The number of hydrogen-bond donors (Lipinski definition) is 2. The van der Waals surface area contributed by atoms with Crippen LogP contribution in [0.5, 0.6) is 0 Å². The Morgan fingerprint density at radius 2 is 1.94 bits per heavy atom. The van der Waals surface area contributed by atoms with Crippen LogP contribution in [0, 0.1) is 5.82 Å². The number of hydrogen-bond acceptors (Lipinski definition) is 4. The third-order valence-electron chi connectivity index (χ3n) is 5.61. The fraction of sp³-hybridized carbons (Fsp3) is 0.217. The van der Waals surface area contributed by atoms with E-state index in [-0.39, 0.29) is 24.6 Å².